The van der Waals surface area contributed by atoms with Gasteiger partial charge in [-0.2, -0.15) is 11.8 Å². The van der Waals surface area contributed by atoms with E-state index in [1.165, 1.54) is 56.8 Å². The van der Waals surface area contributed by atoms with Crippen LogP contribution in [0, 0.1) is 11.8 Å². The van der Waals surface area contributed by atoms with Crippen molar-refractivity contribution >= 4 is 11.8 Å². The zero-order chi connectivity index (χ0) is 13.7. The number of hydrogen-bond acceptors (Lipinski definition) is 3. The Balaban J connectivity index is 1.88. The van der Waals surface area contributed by atoms with Crippen LogP contribution in [0.5, 0.6) is 0 Å². The molecule has 2 nitrogen and oxygen atoms in total. The van der Waals surface area contributed by atoms with E-state index in [1.54, 1.807) is 0 Å². The van der Waals surface area contributed by atoms with Crippen LogP contribution in [0.4, 0.5) is 0 Å². The lowest BCUT2D eigenvalue weighted by Gasteiger charge is -2.41. The fourth-order valence-electron chi connectivity index (χ4n) is 3.63. The molecule has 1 saturated carbocycles. The fourth-order valence-corrected chi connectivity index (χ4v) is 4.72. The minimum atomic E-state index is 0.776. The quantitative estimate of drug-likeness (QED) is 0.834. The molecule has 0 aromatic carbocycles. The predicted molar refractivity (Wildman–Crippen MR) is 86.9 cm³/mol. The lowest BCUT2D eigenvalue weighted by atomic mass is 9.78. The summed E-state index contributed by atoms with van der Waals surface area (Å²) in [6.45, 7) is 11.0. The van der Waals surface area contributed by atoms with Gasteiger partial charge in [-0.3, -0.25) is 4.90 Å². The first-order valence-corrected chi connectivity index (χ1v) is 9.41. The summed E-state index contributed by atoms with van der Waals surface area (Å²) >= 11 is 2.13. The van der Waals surface area contributed by atoms with Crippen molar-refractivity contribution in [1.29, 1.82) is 0 Å². The van der Waals surface area contributed by atoms with E-state index in [9.17, 15) is 0 Å². The molecule has 1 aliphatic carbocycles. The third kappa shape index (κ3) is 4.64. The second kappa shape index (κ2) is 7.90. The van der Waals surface area contributed by atoms with Crippen LogP contribution in [0.1, 0.15) is 46.5 Å². The van der Waals surface area contributed by atoms with Gasteiger partial charge < -0.3 is 5.32 Å². The lowest BCUT2D eigenvalue weighted by molar-refractivity contribution is 0.128. The SMILES string of the molecule is CCCNC1CCC(C)CC1CN1CCSCC1C. The van der Waals surface area contributed by atoms with Crippen molar-refractivity contribution < 1.29 is 0 Å². The van der Waals surface area contributed by atoms with Crippen molar-refractivity contribution in [2.24, 2.45) is 11.8 Å². The lowest BCUT2D eigenvalue weighted by Crippen LogP contribution is -2.49. The highest BCUT2D eigenvalue weighted by Gasteiger charge is 2.31. The fraction of sp³-hybridized carbons (Fsp3) is 1.00. The summed E-state index contributed by atoms with van der Waals surface area (Å²) in [6, 6.07) is 1.56. The standard InChI is InChI=1S/C16H32N2S/c1-4-7-17-16-6-5-13(2)10-15(16)11-18-8-9-19-12-14(18)3/h13-17H,4-12H2,1-3H3. The van der Waals surface area contributed by atoms with Gasteiger partial charge in [0.25, 0.3) is 0 Å². The average Bonchev–Trinajstić information content (AvgIpc) is 2.40. The summed E-state index contributed by atoms with van der Waals surface area (Å²) in [6.07, 6.45) is 5.50. The molecule has 4 atom stereocenters. The molecule has 1 N–H and O–H groups in total. The molecule has 3 heteroatoms. The molecular weight excluding hydrogens is 252 g/mol. The van der Waals surface area contributed by atoms with Crippen molar-refractivity contribution in [3.8, 4) is 0 Å². The number of nitrogens with one attached hydrogen (secondary N) is 1. The first-order valence-electron chi connectivity index (χ1n) is 8.25. The number of thioether (sulfide) groups is 1. The van der Waals surface area contributed by atoms with Crippen molar-refractivity contribution in [2.75, 3.05) is 31.1 Å². The number of hydrogen-bond donors (Lipinski definition) is 1. The topological polar surface area (TPSA) is 15.3 Å². The molecule has 0 aromatic rings. The van der Waals surface area contributed by atoms with Gasteiger partial charge in [-0.15, -0.1) is 0 Å². The molecule has 2 rings (SSSR count). The van der Waals surface area contributed by atoms with Gasteiger partial charge in [0.15, 0.2) is 0 Å². The minimum absolute atomic E-state index is 0.776. The Morgan fingerprint density at radius 2 is 2.11 bits per heavy atom. The molecule has 2 fully saturated rings. The maximum absolute atomic E-state index is 3.81. The summed E-state index contributed by atoms with van der Waals surface area (Å²) in [5.74, 6) is 4.47. The van der Waals surface area contributed by atoms with Crippen LogP contribution in [-0.2, 0) is 0 Å². The highest BCUT2D eigenvalue weighted by atomic mass is 32.2. The smallest absolute Gasteiger partial charge is 0.0158 e. The third-order valence-corrected chi connectivity index (χ3v) is 6.06. The highest BCUT2D eigenvalue weighted by Crippen LogP contribution is 2.31. The summed E-state index contributed by atoms with van der Waals surface area (Å²) in [5, 5.41) is 3.81. The van der Waals surface area contributed by atoms with Crippen LogP contribution in [0.25, 0.3) is 0 Å². The second-order valence-electron chi connectivity index (χ2n) is 6.66. The van der Waals surface area contributed by atoms with Gasteiger partial charge in [0.05, 0.1) is 0 Å². The molecule has 0 spiro atoms. The van der Waals surface area contributed by atoms with Crippen molar-refractivity contribution in [2.45, 2.75) is 58.5 Å². The van der Waals surface area contributed by atoms with E-state index in [0.717, 1.165) is 23.9 Å². The normalized spacial score (nSPS) is 37.4. The number of nitrogens with zero attached hydrogens (tertiary/aromatic N) is 1. The molecule has 0 aromatic heterocycles. The average molecular weight is 285 g/mol. The Hall–Kier alpha value is 0.270. The summed E-state index contributed by atoms with van der Waals surface area (Å²) in [7, 11) is 0. The summed E-state index contributed by atoms with van der Waals surface area (Å²) in [4.78, 5) is 2.75. The maximum atomic E-state index is 3.81. The number of rotatable bonds is 5. The van der Waals surface area contributed by atoms with Gasteiger partial charge in [0.1, 0.15) is 0 Å². The molecule has 2 aliphatic rings. The van der Waals surface area contributed by atoms with Gasteiger partial charge in [-0.25, -0.2) is 0 Å². The molecule has 112 valence electrons. The molecule has 19 heavy (non-hydrogen) atoms. The Morgan fingerprint density at radius 3 is 2.84 bits per heavy atom. The van der Waals surface area contributed by atoms with Crippen LogP contribution in [-0.4, -0.2) is 48.1 Å². The van der Waals surface area contributed by atoms with Gasteiger partial charge in [-0.05, 0) is 51.0 Å². The van der Waals surface area contributed by atoms with Crippen molar-refractivity contribution in [3.63, 3.8) is 0 Å². The molecule has 1 aliphatic heterocycles. The van der Waals surface area contributed by atoms with Crippen molar-refractivity contribution in [1.82, 2.24) is 10.2 Å². The van der Waals surface area contributed by atoms with Crippen molar-refractivity contribution in [3.05, 3.63) is 0 Å². The van der Waals surface area contributed by atoms with Crippen LogP contribution in [0.15, 0.2) is 0 Å². The van der Waals surface area contributed by atoms with E-state index in [0.29, 0.717) is 0 Å². The summed E-state index contributed by atoms with van der Waals surface area (Å²) in [5.41, 5.74) is 0. The van der Waals surface area contributed by atoms with Gasteiger partial charge >= 0.3 is 0 Å². The van der Waals surface area contributed by atoms with E-state index in [4.69, 9.17) is 0 Å². The second-order valence-corrected chi connectivity index (χ2v) is 7.81. The van der Waals surface area contributed by atoms with Crippen LogP contribution >= 0.6 is 11.8 Å². The van der Waals surface area contributed by atoms with Gasteiger partial charge in [0, 0.05) is 36.7 Å². The monoisotopic (exact) mass is 284 g/mol. The van der Waals surface area contributed by atoms with Crippen LogP contribution < -0.4 is 5.32 Å². The van der Waals surface area contributed by atoms with Gasteiger partial charge in [0.2, 0.25) is 0 Å². The zero-order valence-electron chi connectivity index (χ0n) is 13.0. The molecule has 0 amide bonds. The Labute approximate surface area is 124 Å². The third-order valence-electron chi connectivity index (χ3n) is 4.88. The van der Waals surface area contributed by atoms with E-state index < -0.39 is 0 Å². The Kier molecular flexibility index (Phi) is 6.51. The molecule has 4 unspecified atom stereocenters. The molecule has 1 heterocycles. The predicted octanol–water partition coefficient (Wildman–Crippen LogP) is 3.23. The first-order chi connectivity index (χ1) is 9.20. The van der Waals surface area contributed by atoms with E-state index in [-0.39, 0.29) is 0 Å². The maximum Gasteiger partial charge on any atom is 0.0158 e. The summed E-state index contributed by atoms with van der Waals surface area (Å²) < 4.78 is 0. The molecular formula is C16H32N2S. The molecule has 1 saturated heterocycles. The van der Waals surface area contributed by atoms with E-state index in [2.05, 4.69) is 42.7 Å². The Bertz CT molecular complexity index is 257. The zero-order valence-corrected chi connectivity index (χ0v) is 13.8. The largest absolute Gasteiger partial charge is 0.314 e. The van der Waals surface area contributed by atoms with Crippen LogP contribution in [0.2, 0.25) is 0 Å². The van der Waals surface area contributed by atoms with Gasteiger partial charge in [-0.1, -0.05) is 13.8 Å². The van der Waals surface area contributed by atoms with Crippen LogP contribution in [0.3, 0.4) is 0 Å². The molecule has 0 radical (unpaired) electrons. The first kappa shape index (κ1) is 15.7. The Morgan fingerprint density at radius 1 is 1.26 bits per heavy atom. The molecule has 0 bridgehead atoms. The van der Waals surface area contributed by atoms with E-state index >= 15 is 0 Å². The van der Waals surface area contributed by atoms with E-state index in [1.807, 2.05) is 0 Å². The highest BCUT2D eigenvalue weighted by molar-refractivity contribution is 7.99. The minimum Gasteiger partial charge on any atom is -0.314 e.